The minimum atomic E-state index is 0.885. The van der Waals surface area contributed by atoms with Crippen LogP contribution < -0.4 is 5.32 Å². The van der Waals surface area contributed by atoms with Gasteiger partial charge >= 0.3 is 0 Å². The maximum absolute atomic E-state index is 4.31. The first-order chi connectivity index (χ1) is 8.93. The Kier molecular flexibility index (Phi) is 1.91. The zero-order valence-corrected chi connectivity index (χ0v) is 9.80. The lowest BCUT2D eigenvalue weighted by atomic mass is 10.0. The van der Waals surface area contributed by atoms with E-state index in [4.69, 9.17) is 0 Å². The largest absolute Gasteiger partial charge is 0.384 e. The molecule has 0 aliphatic carbocycles. The normalized spacial score (nSPS) is 13.6. The van der Waals surface area contributed by atoms with E-state index in [0.29, 0.717) is 0 Å². The fourth-order valence-corrected chi connectivity index (χ4v) is 2.63. The molecule has 88 valence electrons. The van der Waals surface area contributed by atoms with Crippen molar-refractivity contribution in [3.8, 4) is 11.3 Å². The van der Waals surface area contributed by atoms with Gasteiger partial charge in [0.2, 0.25) is 0 Å². The molecule has 18 heavy (non-hydrogen) atoms. The van der Waals surface area contributed by atoms with Gasteiger partial charge in [-0.25, -0.2) is 9.50 Å². The second-order valence-electron chi connectivity index (χ2n) is 4.45. The molecular weight excluding hydrogens is 224 g/mol. The number of aromatic nitrogens is 3. The van der Waals surface area contributed by atoms with Crippen molar-refractivity contribution in [3.05, 3.63) is 48.3 Å². The molecule has 2 aromatic heterocycles. The highest BCUT2D eigenvalue weighted by Gasteiger charge is 2.16. The minimum absolute atomic E-state index is 0.885. The van der Waals surface area contributed by atoms with Crippen LogP contribution in [0.5, 0.6) is 0 Å². The van der Waals surface area contributed by atoms with Gasteiger partial charge in [0.25, 0.3) is 0 Å². The number of rotatable bonds is 1. The lowest BCUT2D eigenvalue weighted by molar-refractivity contribution is 0.966. The van der Waals surface area contributed by atoms with E-state index >= 15 is 0 Å². The van der Waals surface area contributed by atoms with Gasteiger partial charge in [-0.3, -0.25) is 0 Å². The third-order valence-corrected chi connectivity index (χ3v) is 3.44. The van der Waals surface area contributed by atoms with E-state index in [-0.39, 0.29) is 0 Å². The number of nitrogens with zero attached hydrogens (tertiary/aromatic N) is 3. The summed E-state index contributed by atoms with van der Waals surface area (Å²) >= 11 is 0. The van der Waals surface area contributed by atoms with Crippen LogP contribution in [0.2, 0.25) is 0 Å². The van der Waals surface area contributed by atoms with Gasteiger partial charge in [-0.05, 0) is 30.2 Å². The third-order valence-electron chi connectivity index (χ3n) is 3.44. The number of fused-ring (bicyclic) bond motifs is 2. The van der Waals surface area contributed by atoms with Crippen LogP contribution in [0.25, 0.3) is 16.9 Å². The van der Waals surface area contributed by atoms with Crippen molar-refractivity contribution in [2.75, 3.05) is 11.9 Å². The molecule has 3 heterocycles. The summed E-state index contributed by atoms with van der Waals surface area (Å²) in [6.07, 6.45) is 2.66. The van der Waals surface area contributed by atoms with Crippen molar-refractivity contribution in [3.63, 3.8) is 0 Å². The number of pyridine rings is 1. The van der Waals surface area contributed by atoms with E-state index in [2.05, 4.69) is 39.7 Å². The zero-order valence-electron chi connectivity index (χ0n) is 9.80. The van der Waals surface area contributed by atoms with Crippen LogP contribution >= 0.6 is 0 Å². The van der Waals surface area contributed by atoms with Crippen molar-refractivity contribution in [1.82, 2.24) is 14.6 Å². The number of hydrogen-bond donors (Lipinski definition) is 1. The van der Waals surface area contributed by atoms with Crippen molar-refractivity contribution in [1.29, 1.82) is 0 Å². The van der Waals surface area contributed by atoms with Crippen molar-refractivity contribution in [2.24, 2.45) is 0 Å². The fourth-order valence-electron chi connectivity index (χ4n) is 2.63. The van der Waals surface area contributed by atoms with Crippen LogP contribution in [0.15, 0.2) is 42.7 Å². The molecule has 0 atom stereocenters. The van der Waals surface area contributed by atoms with E-state index in [1.54, 1.807) is 6.33 Å². The molecule has 0 saturated heterocycles. The van der Waals surface area contributed by atoms with E-state index in [1.165, 1.54) is 16.8 Å². The summed E-state index contributed by atoms with van der Waals surface area (Å²) < 4.78 is 1.90. The third kappa shape index (κ3) is 1.26. The Morgan fingerprint density at radius 3 is 3.06 bits per heavy atom. The summed E-state index contributed by atoms with van der Waals surface area (Å²) in [7, 11) is 0. The Labute approximate surface area is 104 Å². The van der Waals surface area contributed by atoms with E-state index < -0.39 is 0 Å². The van der Waals surface area contributed by atoms with Crippen molar-refractivity contribution in [2.45, 2.75) is 6.42 Å². The first-order valence-corrected chi connectivity index (χ1v) is 6.08. The summed E-state index contributed by atoms with van der Waals surface area (Å²) in [6, 6.07) is 12.5. The maximum atomic E-state index is 4.31. The van der Waals surface area contributed by atoms with E-state index in [0.717, 1.165) is 24.3 Å². The molecule has 1 N–H and O–H groups in total. The van der Waals surface area contributed by atoms with Gasteiger partial charge in [0.05, 0.1) is 5.69 Å². The summed E-state index contributed by atoms with van der Waals surface area (Å²) in [5.74, 6) is 0. The predicted octanol–water partition coefficient (Wildman–Crippen LogP) is 2.36. The zero-order chi connectivity index (χ0) is 11.9. The Hall–Kier alpha value is -2.36. The highest BCUT2D eigenvalue weighted by Crippen LogP contribution is 2.32. The molecule has 1 aliphatic rings. The van der Waals surface area contributed by atoms with Gasteiger partial charge in [-0.15, -0.1) is 0 Å². The Bertz CT molecular complexity index is 729. The molecule has 4 rings (SSSR count). The summed E-state index contributed by atoms with van der Waals surface area (Å²) in [4.78, 5) is 4.23. The topological polar surface area (TPSA) is 42.2 Å². The number of anilines is 1. The van der Waals surface area contributed by atoms with E-state index in [9.17, 15) is 0 Å². The van der Waals surface area contributed by atoms with Gasteiger partial charge in [0.15, 0.2) is 5.65 Å². The van der Waals surface area contributed by atoms with Gasteiger partial charge in [-0.1, -0.05) is 18.2 Å². The standard InChI is InChI=1S/C14H12N4/c1-3-11(10-7-8-15-12(10)4-1)13-5-2-6-14-16-9-17-18(13)14/h1-6,9,15H,7-8H2. The minimum Gasteiger partial charge on any atom is -0.384 e. The summed E-state index contributed by atoms with van der Waals surface area (Å²) in [6.45, 7) is 1.01. The second kappa shape index (κ2) is 3.57. The molecule has 0 unspecified atom stereocenters. The monoisotopic (exact) mass is 236 g/mol. The van der Waals surface area contributed by atoms with Gasteiger partial charge in [0, 0.05) is 17.8 Å². The first kappa shape index (κ1) is 9.65. The smallest absolute Gasteiger partial charge is 0.155 e. The van der Waals surface area contributed by atoms with E-state index in [1.807, 2.05) is 16.6 Å². The molecule has 0 radical (unpaired) electrons. The lowest BCUT2D eigenvalue weighted by Gasteiger charge is -2.09. The average molecular weight is 236 g/mol. The number of benzene rings is 1. The quantitative estimate of drug-likeness (QED) is 0.705. The molecule has 0 bridgehead atoms. The van der Waals surface area contributed by atoms with Gasteiger partial charge < -0.3 is 5.32 Å². The van der Waals surface area contributed by atoms with Crippen molar-refractivity contribution >= 4 is 11.3 Å². The second-order valence-corrected chi connectivity index (χ2v) is 4.45. The first-order valence-electron chi connectivity index (χ1n) is 6.08. The fraction of sp³-hybridized carbons (Fsp3) is 0.143. The molecule has 1 aliphatic heterocycles. The lowest BCUT2D eigenvalue weighted by Crippen LogP contribution is -1.96. The predicted molar refractivity (Wildman–Crippen MR) is 70.6 cm³/mol. The van der Waals surface area contributed by atoms with Crippen molar-refractivity contribution < 1.29 is 0 Å². The number of hydrogen-bond acceptors (Lipinski definition) is 3. The Morgan fingerprint density at radius 1 is 1.11 bits per heavy atom. The molecule has 0 saturated carbocycles. The SMILES string of the molecule is c1cc2c(c(-c3cccc4ncnn34)c1)CCN2. The van der Waals surface area contributed by atoms with Gasteiger partial charge in [-0.2, -0.15) is 5.10 Å². The Balaban J connectivity index is 2.03. The molecule has 3 aromatic rings. The molecule has 0 spiro atoms. The van der Waals surface area contributed by atoms with Crippen LogP contribution in [0.4, 0.5) is 5.69 Å². The molecule has 4 nitrogen and oxygen atoms in total. The highest BCUT2D eigenvalue weighted by atomic mass is 15.3. The van der Waals surface area contributed by atoms with Gasteiger partial charge in [0.1, 0.15) is 6.33 Å². The summed E-state index contributed by atoms with van der Waals surface area (Å²) in [5, 5.41) is 7.71. The van der Waals surface area contributed by atoms with Crippen LogP contribution in [0.3, 0.4) is 0 Å². The van der Waals surface area contributed by atoms with Crippen LogP contribution in [0, 0.1) is 0 Å². The molecular formula is C14H12N4. The van der Waals surface area contributed by atoms with Crippen LogP contribution in [-0.2, 0) is 6.42 Å². The average Bonchev–Trinajstić information content (AvgIpc) is 3.06. The Morgan fingerprint density at radius 2 is 2.06 bits per heavy atom. The molecule has 0 amide bonds. The number of nitrogens with one attached hydrogen (secondary N) is 1. The highest BCUT2D eigenvalue weighted by molar-refractivity contribution is 5.75. The summed E-state index contributed by atoms with van der Waals surface area (Å²) in [5.41, 5.74) is 5.85. The molecule has 0 fully saturated rings. The molecule has 1 aromatic carbocycles. The van der Waals surface area contributed by atoms with Crippen LogP contribution in [-0.4, -0.2) is 21.1 Å². The van der Waals surface area contributed by atoms with Crippen LogP contribution in [0.1, 0.15) is 5.56 Å². The maximum Gasteiger partial charge on any atom is 0.155 e. The molecule has 4 heteroatoms.